The van der Waals surface area contributed by atoms with Crippen LogP contribution in [0.2, 0.25) is 0 Å². The summed E-state index contributed by atoms with van der Waals surface area (Å²) < 4.78 is 31.3. The van der Waals surface area contributed by atoms with Crippen LogP contribution >= 0.6 is 0 Å². The number of ether oxygens (including phenoxy) is 4. The molecule has 12 nitrogen and oxygen atoms in total. The first-order valence-electron chi connectivity index (χ1n) is 17.7. The van der Waals surface area contributed by atoms with Crippen molar-refractivity contribution in [2.75, 3.05) is 51.4 Å². The lowest BCUT2D eigenvalue weighted by molar-refractivity contribution is -0.235. The van der Waals surface area contributed by atoms with E-state index in [0.717, 1.165) is 87.2 Å². The second-order valence-electron chi connectivity index (χ2n) is 15.4. The van der Waals surface area contributed by atoms with Crippen LogP contribution in [0.3, 0.4) is 0 Å². The molecule has 5 heterocycles. The first-order chi connectivity index (χ1) is 22.5. The Bertz CT molecular complexity index is 1440. The Morgan fingerprint density at radius 1 is 1.02 bits per heavy atom. The molecule has 3 aliphatic heterocycles. The largest absolute Gasteiger partial charge is 0.462 e. The van der Waals surface area contributed by atoms with E-state index in [1.807, 2.05) is 31.7 Å². The summed E-state index contributed by atoms with van der Waals surface area (Å²) in [7, 11) is 2.14. The third-order valence-electron chi connectivity index (χ3n) is 11.0. The third kappa shape index (κ3) is 5.99. The highest BCUT2D eigenvalue weighted by Crippen LogP contribution is 2.57. The van der Waals surface area contributed by atoms with Gasteiger partial charge in [0, 0.05) is 37.2 Å². The summed E-state index contributed by atoms with van der Waals surface area (Å²) >= 11 is 0. The quantitative estimate of drug-likeness (QED) is 0.417. The van der Waals surface area contributed by atoms with Gasteiger partial charge in [0.1, 0.15) is 29.4 Å². The number of nitrogens with zero attached hydrogens (tertiary/aromatic N) is 6. The highest BCUT2D eigenvalue weighted by Gasteiger charge is 2.61. The maximum absolute atomic E-state index is 13.1. The lowest BCUT2D eigenvalue weighted by Crippen LogP contribution is -2.59. The minimum Gasteiger partial charge on any atom is -0.462 e. The zero-order chi connectivity index (χ0) is 33.0. The smallest absolute Gasteiger partial charge is 0.410 e. The molecule has 7 rings (SSSR count). The van der Waals surface area contributed by atoms with Gasteiger partial charge in [0.05, 0.1) is 30.7 Å². The zero-order valence-corrected chi connectivity index (χ0v) is 29.0. The lowest BCUT2D eigenvalue weighted by Gasteiger charge is -2.50. The summed E-state index contributed by atoms with van der Waals surface area (Å²) in [5.41, 5.74) is 1.64. The van der Waals surface area contributed by atoms with E-state index >= 15 is 0 Å². The van der Waals surface area contributed by atoms with Gasteiger partial charge in [-0.1, -0.05) is 11.6 Å². The molecule has 2 aliphatic carbocycles. The van der Waals surface area contributed by atoms with Gasteiger partial charge >= 0.3 is 12.1 Å². The second-order valence-corrected chi connectivity index (χ2v) is 15.4. The van der Waals surface area contributed by atoms with Crippen LogP contribution in [0.15, 0.2) is 10.6 Å². The summed E-state index contributed by atoms with van der Waals surface area (Å²) in [6.45, 7) is 13.8. The molecule has 2 aromatic heterocycles. The topological polar surface area (TPSA) is 116 Å². The molecule has 0 radical (unpaired) electrons. The van der Waals surface area contributed by atoms with Crippen LogP contribution in [0.1, 0.15) is 97.3 Å². The number of aromatic nitrogens is 3. The van der Waals surface area contributed by atoms with Crippen molar-refractivity contribution in [3.05, 3.63) is 17.4 Å². The number of fused-ring (bicyclic) bond motifs is 3. The molecule has 0 N–H and O–H groups in total. The molecule has 4 atom stereocenters. The number of rotatable bonds is 5. The predicted octanol–water partition coefficient (Wildman–Crippen LogP) is 5.33. The molecule has 0 unspecified atom stereocenters. The fourth-order valence-corrected chi connectivity index (χ4v) is 8.80. The van der Waals surface area contributed by atoms with Crippen LogP contribution in [0.5, 0.6) is 6.01 Å². The normalized spacial score (nSPS) is 29.4. The molecule has 5 aliphatic rings. The molecule has 2 spiro atoms. The molecule has 0 aromatic carbocycles. The molecule has 1 saturated carbocycles. The molecule has 3 saturated heterocycles. The second kappa shape index (κ2) is 12.5. The van der Waals surface area contributed by atoms with E-state index in [9.17, 15) is 4.79 Å². The molecule has 4 fully saturated rings. The van der Waals surface area contributed by atoms with Crippen molar-refractivity contribution in [3.8, 4) is 17.4 Å². The first kappa shape index (κ1) is 32.6. The molecular weight excluding hydrogens is 600 g/mol. The SMILES string of the molecule is C[C@H]1CN(c2cc(-c3noc4c3CCC[C@@]43CCCCC34OCCO4)nc(OC[C@@H]3CCCN3C)n2)C[C@H](C)N1C(=O)OC(C)(C)C. The highest BCUT2D eigenvalue weighted by atomic mass is 16.7. The summed E-state index contributed by atoms with van der Waals surface area (Å²) in [4.78, 5) is 29.4. The first-order valence-corrected chi connectivity index (χ1v) is 17.7. The summed E-state index contributed by atoms with van der Waals surface area (Å²) in [6.07, 6.45) is 8.83. The number of hydrogen-bond acceptors (Lipinski definition) is 11. The molecular formula is C35H52N6O6. The average molecular weight is 653 g/mol. The van der Waals surface area contributed by atoms with Gasteiger partial charge in [-0.2, -0.15) is 9.97 Å². The van der Waals surface area contributed by atoms with Gasteiger partial charge in [-0.05, 0) is 93.2 Å². The van der Waals surface area contributed by atoms with Crippen LogP contribution in [-0.2, 0) is 26.0 Å². The Morgan fingerprint density at radius 2 is 1.74 bits per heavy atom. The fraction of sp³-hybridized carbons (Fsp3) is 0.771. The Hall–Kier alpha value is -2.96. The van der Waals surface area contributed by atoms with Crippen molar-refractivity contribution in [2.45, 2.75) is 127 Å². The van der Waals surface area contributed by atoms with E-state index < -0.39 is 11.4 Å². The maximum Gasteiger partial charge on any atom is 0.410 e. The number of amides is 1. The number of carbonyl (C=O) groups is 1. The van der Waals surface area contributed by atoms with Gasteiger partial charge in [-0.3, -0.25) is 4.90 Å². The van der Waals surface area contributed by atoms with E-state index in [1.54, 1.807) is 0 Å². The van der Waals surface area contributed by atoms with Gasteiger partial charge in [-0.15, -0.1) is 0 Å². The van der Waals surface area contributed by atoms with E-state index in [0.29, 0.717) is 50.7 Å². The fourth-order valence-electron chi connectivity index (χ4n) is 8.80. The number of piperazine rings is 1. The number of anilines is 1. The summed E-state index contributed by atoms with van der Waals surface area (Å²) in [5, 5.41) is 4.72. The van der Waals surface area contributed by atoms with Crippen molar-refractivity contribution in [2.24, 2.45) is 0 Å². The maximum atomic E-state index is 13.1. The molecule has 2 aromatic rings. The Morgan fingerprint density at radius 3 is 2.45 bits per heavy atom. The predicted molar refractivity (Wildman–Crippen MR) is 176 cm³/mol. The van der Waals surface area contributed by atoms with Gasteiger partial charge < -0.3 is 33.3 Å². The summed E-state index contributed by atoms with van der Waals surface area (Å²) in [5.74, 6) is 1.02. The molecule has 47 heavy (non-hydrogen) atoms. The molecule has 1 amide bonds. The number of likely N-dealkylation sites (N-methyl/N-ethyl adjacent to an activating group) is 1. The minimum atomic E-state index is -0.643. The molecule has 12 heteroatoms. The number of likely N-dealkylation sites (tertiary alicyclic amines) is 1. The van der Waals surface area contributed by atoms with E-state index in [4.69, 9.17) is 38.6 Å². The van der Waals surface area contributed by atoms with Gasteiger partial charge in [0.25, 0.3) is 0 Å². The average Bonchev–Trinajstić information content (AvgIpc) is 3.77. The highest BCUT2D eigenvalue weighted by molar-refractivity contribution is 5.70. The monoisotopic (exact) mass is 652 g/mol. The van der Waals surface area contributed by atoms with Crippen molar-refractivity contribution in [1.29, 1.82) is 0 Å². The standard InChI is InChI=1S/C35H52N6O6/c1-23-20-40(21-24(2)41(23)32(42)46-33(3,4)5)28-19-27(36-31(37-28)43-22-25-11-10-16-39(25)6)29-26-12-9-14-34(30(26)47-38-29)13-7-8-15-35(34)44-17-18-45-35/h19,23-25H,7-18,20-22H2,1-6H3/t23-,24-,25-,34-/m0/s1. The number of hydrogen-bond donors (Lipinski definition) is 0. The van der Waals surface area contributed by atoms with Crippen LogP contribution in [0.25, 0.3) is 11.4 Å². The van der Waals surface area contributed by atoms with Crippen molar-refractivity contribution >= 4 is 11.9 Å². The zero-order valence-electron chi connectivity index (χ0n) is 29.0. The van der Waals surface area contributed by atoms with Gasteiger partial charge in [0.15, 0.2) is 11.5 Å². The van der Waals surface area contributed by atoms with Crippen molar-refractivity contribution in [1.82, 2.24) is 24.9 Å². The van der Waals surface area contributed by atoms with Crippen molar-refractivity contribution in [3.63, 3.8) is 0 Å². The minimum absolute atomic E-state index is 0.0860. The van der Waals surface area contributed by atoms with Crippen LogP contribution in [0, 0.1) is 0 Å². The summed E-state index contributed by atoms with van der Waals surface area (Å²) in [6, 6.07) is 2.51. The van der Waals surface area contributed by atoms with E-state index in [2.05, 4.69) is 30.7 Å². The van der Waals surface area contributed by atoms with Crippen LogP contribution in [-0.4, -0.2) is 107 Å². The third-order valence-corrected chi connectivity index (χ3v) is 11.0. The van der Waals surface area contributed by atoms with Gasteiger partial charge in [-0.25, -0.2) is 4.79 Å². The molecule has 0 bridgehead atoms. The van der Waals surface area contributed by atoms with Crippen molar-refractivity contribution < 1.29 is 28.3 Å². The Kier molecular flexibility index (Phi) is 8.66. The number of carbonyl (C=O) groups excluding carboxylic acids is 1. The Balaban J connectivity index is 1.22. The van der Waals surface area contributed by atoms with Crippen LogP contribution < -0.4 is 9.64 Å². The van der Waals surface area contributed by atoms with Crippen LogP contribution in [0.4, 0.5) is 10.6 Å². The van der Waals surface area contributed by atoms with E-state index in [1.165, 1.54) is 0 Å². The van der Waals surface area contributed by atoms with Gasteiger partial charge in [0.2, 0.25) is 0 Å². The van der Waals surface area contributed by atoms with E-state index in [-0.39, 0.29) is 23.6 Å². The lowest BCUT2D eigenvalue weighted by atomic mass is 9.61. The molecule has 258 valence electrons. The Labute approximate surface area is 278 Å².